The normalized spacial score (nSPS) is 14.7. The molecule has 0 spiro atoms. The zero-order chi connectivity index (χ0) is 23.4. The van der Waals surface area contributed by atoms with E-state index < -0.39 is 0 Å². The number of hydrogen-bond acceptors (Lipinski definition) is 6. The van der Waals surface area contributed by atoms with Crippen molar-refractivity contribution in [2.24, 2.45) is 7.05 Å². The van der Waals surface area contributed by atoms with Crippen LogP contribution in [-0.2, 0) is 18.3 Å². The molecule has 1 saturated heterocycles. The molecule has 1 N–H and O–H groups in total. The Morgan fingerprint density at radius 2 is 2.06 bits per heavy atom. The maximum absolute atomic E-state index is 13.0. The Morgan fingerprint density at radius 3 is 2.85 bits per heavy atom. The highest BCUT2D eigenvalue weighted by atomic mass is 16.5. The number of carbonyl (C=O) groups excluding carboxylic acids is 1. The highest BCUT2D eigenvalue weighted by Gasteiger charge is 2.19. The summed E-state index contributed by atoms with van der Waals surface area (Å²) in [4.78, 5) is 19.9. The van der Waals surface area contributed by atoms with Gasteiger partial charge in [-0.05, 0) is 57.5 Å². The maximum Gasteiger partial charge on any atom is 0.252 e. The minimum absolute atomic E-state index is 0.133. The molecule has 4 rings (SSSR count). The molecule has 33 heavy (non-hydrogen) atoms. The number of hydrogen-bond donors (Lipinski definition) is 1. The molecule has 0 radical (unpaired) electrons. The number of nitrogens with one attached hydrogen (secondary N) is 1. The molecule has 0 bridgehead atoms. The Hall–Kier alpha value is -2.97. The molecule has 0 unspecified atom stereocenters. The van der Waals surface area contributed by atoms with Crippen LogP contribution >= 0.6 is 0 Å². The fourth-order valence-corrected chi connectivity index (χ4v) is 4.39. The van der Waals surface area contributed by atoms with Gasteiger partial charge in [-0.2, -0.15) is 5.10 Å². The van der Waals surface area contributed by atoms with Crippen molar-refractivity contribution in [2.75, 3.05) is 33.4 Å². The first kappa shape index (κ1) is 23.2. The van der Waals surface area contributed by atoms with Crippen molar-refractivity contribution in [1.29, 1.82) is 0 Å². The Bertz CT molecular complexity index is 1120. The molecule has 3 heterocycles. The molecule has 1 aliphatic heterocycles. The van der Waals surface area contributed by atoms with E-state index in [-0.39, 0.29) is 5.91 Å². The van der Waals surface area contributed by atoms with Gasteiger partial charge in [-0.3, -0.25) is 14.4 Å². The van der Waals surface area contributed by atoms with E-state index >= 15 is 0 Å². The molecule has 8 nitrogen and oxygen atoms in total. The SMILES string of the molecule is Cc1cc(C(=O)NCc2cccc(OCCN(C)C3CCOCC3)c2)c2c(C)nn(C)c2n1. The third-order valence-electron chi connectivity index (χ3n) is 6.22. The third-order valence-corrected chi connectivity index (χ3v) is 6.22. The van der Waals surface area contributed by atoms with Crippen LogP contribution in [0.3, 0.4) is 0 Å². The summed E-state index contributed by atoms with van der Waals surface area (Å²) in [5, 5.41) is 8.26. The number of aryl methyl sites for hydroxylation is 3. The molecule has 0 aliphatic carbocycles. The van der Waals surface area contributed by atoms with Crippen LogP contribution in [0, 0.1) is 13.8 Å². The zero-order valence-corrected chi connectivity index (χ0v) is 19.9. The summed E-state index contributed by atoms with van der Waals surface area (Å²) in [7, 11) is 3.99. The molecule has 1 aromatic carbocycles. The lowest BCUT2D eigenvalue weighted by atomic mass is 10.1. The first-order valence-corrected chi connectivity index (χ1v) is 11.5. The molecule has 1 fully saturated rings. The summed E-state index contributed by atoms with van der Waals surface area (Å²) in [6.07, 6.45) is 2.15. The van der Waals surface area contributed by atoms with Gasteiger partial charge in [0.2, 0.25) is 0 Å². The number of amides is 1. The standard InChI is InChI=1S/C25H33N5O3/c1-17-14-22(23-18(2)28-30(4)24(23)27-17)25(31)26-16-19-6-5-7-21(15-19)33-13-10-29(3)20-8-11-32-12-9-20/h5-7,14-15,20H,8-13,16H2,1-4H3,(H,26,31). The van der Waals surface area contributed by atoms with Crippen LogP contribution in [0.4, 0.5) is 0 Å². The van der Waals surface area contributed by atoms with E-state index in [9.17, 15) is 4.79 Å². The van der Waals surface area contributed by atoms with E-state index in [0.717, 1.165) is 66.3 Å². The smallest absolute Gasteiger partial charge is 0.252 e. The van der Waals surface area contributed by atoms with Crippen LogP contribution in [0.5, 0.6) is 5.75 Å². The van der Waals surface area contributed by atoms with Crippen molar-refractivity contribution in [3.8, 4) is 5.75 Å². The van der Waals surface area contributed by atoms with Gasteiger partial charge in [0.1, 0.15) is 12.4 Å². The topological polar surface area (TPSA) is 81.5 Å². The van der Waals surface area contributed by atoms with E-state index in [2.05, 4.69) is 27.3 Å². The number of fused-ring (bicyclic) bond motifs is 1. The molecule has 176 valence electrons. The second kappa shape index (κ2) is 10.3. The van der Waals surface area contributed by atoms with Crippen molar-refractivity contribution in [2.45, 2.75) is 39.3 Å². The van der Waals surface area contributed by atoms with Gasteiger partial charge in [-0.25, -0.2) is 4.98 Å². The lowest BCUT2D eigenvalue weighted by Crippen LogP contribution is -2.38. The van der Waals surface area contributed by atoms with Gasteiger partial charge in [-0.1, -0.05) is 12.1 Å². The van der Waals surface area contributed by atoms with Gasteiger partial charge in [-0.15, -0.1) is 0 Å². The summed E-state index contributed by atoms with van der Waals surface area (Å²) >= 11 is 0. The molecule has 1 amide bonds. The van der Waals surface area contributed by atoms with Crippen LogP contribution < -0.4 is 10.1 Å². The summed E-state index contributed by atoms with van der Waals surface area (Å²) in [5.74, 6) is 0.679. The van der Waals surface area contributed by atoms with Crippen molar-refractivity contribution in [1.82, 2.24) is 25.0 Å². The quantitative estimate of drug-likeness (QED) is 0.567. The number of likely N-dealkylation sites (N-methyl/N-ethyl adjacent to an activating group) is 1. The van der Waals surface area contributed by atoms with Crippen LogP contribution in [0.1, 0.15) is 40.2 Å². The highest BCUT2D eigenvalue weighted by molar-refractivity contribution is 6.06. The zero-order valence-electron chi connectivity index (χ0n) is 19.9. The molecule has 0 atom stereocenters. The summed E-state index contributed by atoms with van der Waals surface area (Å²) in [6, 6.07) is 10.3. The number of ether oxygens (including phenoxy) is 2. The van der Waals surface area contributed by atoms with Gasteiger partial charge >= 0.3 is 0 Å². The molecule has 8 heteroatoms. The monoisotopic (exact) mass is 451 g/mol. The van der Waals surface area contributed by atoms with Crippen LogP contribution in [-0.4, -0.2) is 65.0 Å². The van der Waals surface area contributed by atoms with Crippen LogP contribution in [0.2, 0.25) is 0 Å². The largest absolute Gasteiger partial charge is 0.492 e. The molecular formula is C25H33N5O3. The average molecular weight is 452 g/mol. The fourth-order valence-electron chi connectivity index (χ4n) is 4.39. The Balaban J connectivity index is 1.34. The molecule has 0 saturated carbocycles. The highest BCUT2D eigenvalue weighted by Crippen LogP contribution is 2.22. The van der Waals surface area contributed by atoms with Gasteiger partial charge in [0, 0.05) is 45.1 Å². The predicted octanol–water partition coefficient (Wildman–Crippen LogP) is 3.00. The van der Waals surface area contributed by atoms with Gasteiger partial charge in [0.25, 0.3) is 5.91 Å². The van der Waals surface area contributed by atoms with Crippen molar-refractivity contribution in [3.05, 3.63) is 52.8 Å². The predicted molar refractivity (Wildman–Crippen MR) is 128 cm³/mol. The van der Waals surface area contributed by atoms with Crippen LogP contribution in [0.15, 0.2) is 30.3 Å². The number of aromatic nitrogens is 3. The molecular weight excluding hydrogens is 418 g/mol. The lowest BCUT2D eigenvalue weighted by molar-refractivity contribution is 0.0392. The van der Waals surface area contributed by atoms with E-state index in [0.29, 0.717) is 24.8 Å². The Kier molecular flexibility index (Phi) is 7.25. The summed E-state index contributed by atoms with van der Waals surface area (Å²) in [6.45, 7) is 7.38. The number of carbonyl (C=O) groups is 1. The number of nitrogens with zero attached hydrogens (tertiary/aromatic N) is 4. The summed E-state index contributed by atoms with van der Waals surface area (Å²) < 4.78 is 13.1. The fraction of sp³-hybridized carbons (Fsp3) is 0.480. The first-order valence-electron chi connectivity index (χ1n) is 11.5. The van der Waals surface area contributed by atoms with E-state index in [1.807, 2.05) is 51.2 Å². The number of pyridine rings is 1. The van der Waals surface area contributed by atoms with Crippen LogP contribution in [0.25, 0.3) is 11.0 Å². The Labute approximate surface area is 194 Å². The van der Waals surface area contributed by atoms with Gasteiger partial charge in [0.15, 0.2) is 5.65 Å². The van der Waals surface area contributed by atoms with E-state index in [1.54, 1.807) is 4.68 Å². The average Bonchev–Trinajstić information content (AvgIpc) is 3.10. The third kappa shape index (κ3) is 5.51. The molecule has 1 aliphatic rings. The van der Waals surface area contributed by atoms with Crippen molar-refractivity contribution >= 4 is 16.9 Å². The minimum atomic E-state index is -0.133. The summed E-state index contributed by atoms with van der Waals surface area (Å²) in [5.41, 5.74) is 3.90. The molecule has 3 aromatic rings. The second-order valence-electron chi connectivity index (χ2n) is 8.72. The Morgan fingerprint density at radius 1 is 1.27 bits per heavy atom. The number of benzene rings is 1. The van der Waals surface area contributed by atoms with Gasteiger partial charge < -0.3 is 14.8 Å². The van der Waals surface area contributed by atoms with Crippen molar-refractivity contribution < 1.29 is 14.3 Å². The molecule has 2 aromatic heterocycles. The minimum Gasteiger partial charge on any atom is -0.492 e. The van der Waals surface area contributed by atoms with E-state index in [1.165, 1.54) is 0 Å². The lowest BCUT2D eigenvalue weighted by Gasteiger charge is -2.31. The van der Waals surface area contributed by atoms with E-state index in [4.69, 9.17) is 9.47 Å². The first-order chi connectivity index (χ1) is 15.9. The van der Waals surface area contributed by atoms with Crippen molar-refractivity contribution in [3.63, 3.8) is 0 Å². The van der Waals surface area contributed by atoms with Gasteiger partial charge in [0.05, 0.1) is 16.6 Å². The second-order valence-corrected chi connectivity index (χ2v) is 8.72. The maximum atomic E-state index is 13.0. The number of rotatable bonds is 8.